The first-order valence-corrected chi connectivity index (χ1v) is 7.73. The van der Waals surface area contributed by atoms with Crippen LogP contribution in [0.5, 0.6) is 5.75 Å². The van der Waals surface area contributed by atoms with Gasteiger partial charge in [0.05, 0.1) is 21.4 Å². The fraction of sp³-hybridized carbons (Fsp3) is 0.333. The van der Waals surface area contributed by atoms with Gasteiger partial charge in [0.25, 0.3) is 0 Å². The van der Waals surface area contributed by atoms with Gasteiger partial charge in [0.1, 0.15) is 5.71 Å². The van der Waals surface area contributed by atoms with Crippen LogP contribution in [0.2, 0.25) is 10.0 Å². The van der Waals surface area contributed by atoms with Crippen LogP contribution in [0.15, 0.2) is 22.2 Å². The molecule has 0 aliphatic carbocycles. The minimum atomic E-state index is -0.236. The molecule has 0 fully saturated rings. The zero-order valence-electron chi connectivity index (χ0n) is 13.1. The van der Waals surface area contributed by atoms with Crippen molar-refractivity contribution in [1.82, 2.24) is 14.9 Å². The maximum absolute atomic E-state index is 9.67. The predicted octanol–water partition coefficient (Wildman–Crippen LogP) is 3.98. The molecule has 1 N–H and O–H groups in total. The Balaban J connectivity index is 2.17. The second-order valence-corrected chi connectivity index (χ2v) is 7.10. The van der Waals surface area contributed by atoms with Gasteiger partial charge in [-0.15, -0.1) is 9.89 Å². The van der Waals surface area contributed by atoms with E-state index in [2.05, 4.69) is 20.2 Å². The zero-order chi connectivity index (χ0) is 16.9. The molecule has 0 radical (unpaired) electrons. The van der Waals surface area contributed by atoms with Crippen molar-refractivity contribution >= 4 is 40.3 Å². The quantitative estimate of drug-likeness (QED) is 0.843. The molecule has 1 aliphatic rings. The van der Waals surface area contributed by atoms with E-state index in [0.717, 1.165) is 5.71 Å². The Labute approximate surface area is 143 Å². The summed E-state index contributed by atoms with van der Waals surface area (Å²) < 4.78 is 0. The molecule has 120 valence electrons. The molecule has 0 unspecified atom stereocenters. The Hall–Kier alpha value is -1.92. The second kappa shape index (κ2) is 5.32. The minimum absolute atomic E-state index is 0.141. The molecule has 0 saturated carbocycles. The first-order chi connectivity index (χ1) is 10.7. The summed E-state index contributed by atoms with van der Waals surface area (Å²) in [6.45, 7) is 7.91. The van der Waals surface area contributed by atoms with E-state index in [9.17, 15) is 5.11 Å². The third-order valence-corrected chi connectivity index (χ3v) is 3.86. The van der Waals surface area contributed by atoms with Gasteiger partial charge in [-0.25, -0.2) is 9.98 Å². The van der Waals surface area contributed by atoms with Gasteiger partial charge in [-0.2, -0.15) is 5.10 Å². The number of nitrogens with zero attached hydrogens (tertiary/aromatic N) is 5. The van der Waals surface area contributed by atoms with Crippen molar-refractivity contribution in [2.45, 2.75) is 27.7 Å². The summed E-state index contributed by atoms with van der Waals surface area (Å²) >= 11 is 11.9. The van der Waals surface area contributed by atoms with Gasteiger partial charge < -0.3 is 5.11 Å². The van der Waals surface area contributed by atoms with Crippen molar-refractivity contribution in [3.05, 3.63) is 33.8 Å². The number of phenolic OH excluding ortho intramolecular Hbond substituents is 1. The lowest BCUT2D eigenvalue weighted by molar-refractivity contribution is 0.476. The molecule has 1 aromatic heterocycles. The van der Waals surface area contributed by atoms with E-state index in [1.807, 2.05) is 20.8 Å². The van der Waals surface area contributed by atoms with Gasteiger partial charge in [0.2, 0.25) is 5.82 Å². The van der Waals surface area contributed by atoms with Crippen LogP contribution in [0, 0.1) is 12.3 Å². The van der Waals surface area contributed by atoms with Crippen molar-refractivity contribution < 1.29 is 5.11 Å². The Morgan fingerprint density at radius 2 is 1.78 bits per heavy atom. The molecule has 0 saturated heterocycles. The lowest BCUT2D eigenvalue weighted by Gasteiger charge is -2.18. The molecule has 8 heteroatoms. The minimum Gasteiger partial charge on any atom is -0.505 e. The summed E-state index contributed by atoms with van der Waals surface area (Å²) in [5.74, 6) is 1.03. The summed E-state index contributed by atoms with van der Waals surface area (Å²) in [6, 6.07) is 3.09. The van der Waals surface area contributed by atoms with Crippen LogP contribution in [0.25, 0.3) is 0 Å². The maximum atomic E-state index is 9.67. The van der Waals surface area contributed by atoms with Gasteiger partial charge in [-0.05, 0) is 19.1 Å². The summed E-state index contributed by atoms with van der Waals surface area (Å²) in [4.78, 5) is 10.5. The Morgan fingerprint density at radius 3 is 2.35 bits per heavy atom. The van der Waals surface area contributed by atoms with Gasteiger partial charge in [0.15, 0.2) is 11.6 Å². The van der Waals surface area contributed by atoms with E-state index in [0.29, 0.717) is 23.0 Å². The van der Waals surface area contributed by atoms with Crippen molar-refractivity contribution in [2.75, 3.05) is 0 Å². The number of hydrogen-bond acceptors (Lipinski definition) is 5. The molecule has 1 aromatic carbocycles. The molecule has 23 heavy (non-hydrogen) atoms. The third-order valence-electron chi connectivity index (χ3n) is 3.28. The lowest BCUT2D eigenvalue weighted by atomic mass is 9.87. The first-order valence-electron chi connectivity index (χ1n) is 6.97. The van der Waals surface area contributed by atoms with E-state index in [-0.39, 0.29) is 21.2 Å². The van der Waals surface area contributed by atoms with Crippen molar-refractivity contribution in [3.63, 3.8) is 0 Å². The Bertz CT molecular complexity index is 838. The molecule has 0 bridgehead atoms. The molecule has 2 heterocycles. The number of aromatic hydroxyl groups is 1. The molecule has 1 aliphatic heterocycles. The van der Waals surface area contributed by atoms with E-state index in [4.69, 9.17) is 23.2 Å². The maximum Gasteiger partial charge on any atom is 0.204 e. The van der Waals surface area contributed by atoms with Crippen molar-refractivity contribution in [1.29, 1.82) is 0 Å². The van der Waals surface area contributed by atoms with Gasteiger partial charge in [0, 0.05) is 5.41 Å². The molecule has 6 nitrogen and oxygen atoms in total. The van der Waals surface area contributed by atoms with Gasteiger partial charge in [-0.3, -0.25) is 0 Å². The standard InChI is InChI=1S/C15H15Cl2N5O/c1-7-18-14-11(13(15(2,3)4)21-22(14)20-7)19-8-5-9(16)12(23)10(17)6-8/h5-6,23H,1-4H3. The molecule has 0 spiro atoms. The number of rotatable bonds is 1. The van der Waals surface area contributed by atoms with E-state index in [1.54, 1.807) is 19.1 Å². The van der Waals surface area contributed by atoms with Crippen LogP contribution in [-0.4, -0.2) is 31.4 Å². The average Bonchev–Trinajstić information content (AvgIpc) is 2.93. The molecular formula is C15H15Cl2N5O. The highest BCUT2D eigenvalue weighted by Crippen LogP contribution is 2.36. The largest absolute Gasteiger partial charge is 0.505 e. The van der Waals surface area contributed by atoms with Crippen LogP contribution in [0.3, 0.4) is 0 Å². The third kappa shape index (κ3) is 2.84. The number of hydrogen-bond donors (Lipinski definition) is 1. The highest BCUT2D eigenvalue weighted by atomic mass is 35.5. The average molecular weight is 352 g/mol. The van der Waals surface area contributed by atoms with Gasteiger partial charge in [-0.1, -0.05) is 44.0 Å². The normalized spacial score (nSPS) is 15.9. The van der Waals surface area contributed by atoms with Crippen molar-refractivity contribution in [3.8, 4) is 5.75 Å². The number of halogens is 2. The predicted molar refractivity (Wildman–Crippen MR) is 91.4 cm³/mol. The molecule has 0 amide bonds. The highest BCUT2D eigenvalue weighted by molar-refractivity contribution is 6.50. The molecule has 2 aromatic rings. The van der Waals surface area contributed by atoms with Crippen molar-refractivity contribution in [2.24, 2.45) is 15.5 Å². The van der Waals surface area contributed by atoms with Crippen LogP contribution >= 0.6 is 23.2 Å². The zero-order valence-corrected chi connectivity index (χ0v) is 14.6. The molecular weight excluding hydrogens is 337 g/mol. The smallest absolute Gasteiger partial charge is 0.204 e. The van der Waals surface area contributed by atoms with Crippen LogP contribution in [-0.2, 0) is 0 Å². The van der Waals surface area contributed by atoms with Gasteiger partial charge >= 0.3 is 0 Å². The summed E-state index contributed by atoms with van der Waals surface area (Å²) in [5.41, 5.74) is 1.67. The molecule has 0 atom stereocenters. The highest BCUT2D eigenvalue weighted by Gasteiger charge is 2.34. The number of aryl methyl sites for hydroxylation is 1. The first kappa shape index (κ1) is 16.0. The number of phenols is 1. The SMILES string of the molecule is Cc1nc2n(n1)N=C(C(C)(C)C)C2=Nc1cc(Cl)c(O)c(Cl)c1. The number of fused-ring (bicyclic) bond motifs is 1. The van der Waals surface area contributed by atoms with Crippen LogP contribution in [0.4, 0.5) is 5.69 Å². The number of benzene rings is 1. The Morgan fingerprint density at radius 1 is 1.17 bits per heavy atom. The Kier molecular flexibility index (Phi) is 3.69. The van der Waals surface area contributed by atoms with E-state index in [1.165, 1.54) is 4.79 Å². The number of aliphatic imine (C=N–C) groups is 1. The summed E-state index contributed by atoms with van der Waals surface area (Å²) in [6.07, 6.45) is 0. The second-order valence-electron chi connectivity index (χ2n) is 6.29. The topological polar surface area (TPSA) is 75.7 Å². The van der Waals surface area contributed by atoms with Crippen LogP contribution in [0.1, 0.15) is 32.4 Å². The number of aromatic nitrogens is 3. The fourth-order valence-electron chi connectivity index (χ4n) is 2.22. The van der Waals surface area contributed by atoms with Crippen LogP contribution < -0.4 is 0 Å². The lowest BCUT2D eigenvalue weighted by Crippen LogP contribution is -2.27. The summed E-state index contributed by atoms with van der Waals surface area (Å²) in [7, 11) is 0. The molecule has 3 rings (SSSR count). The monoisotopic (exact) mass is 351 g/mol. The van der Waals surface area contributed by atoms with E-state index < -0.39 is 0 Å². The summed E-state index contributed by atoms with van der Waals surface area (Å²) in [5, 5.41) is 18.7. The fourth-order valence-corrected chi connectivity index (χ4v) is 2.70. The van der Waals surface area contributed by atoms with E-state index >= 15 is 0 Å².